The van der Waals surface area contributed by atoms with Gasteiger partial charge in [0.1, 0.15) is 0 Å². The summed E-state index contributed by atoms with van der Waals surface area (Å²) in [4.78, 5) is 23.0. The summed E-state index contributed by atoms with van der Waals surface area (Å²) in [7, 11) is 1.36. The molecular weight excluding hydrogens is 228 g/mol. The van der Waals surface area contributed by atoms with Gasteiger partial charge < -0.3 is 4.74 Å². The second kappa shape index (κ2) is 5.63. The molecule has 3 heteroatoms. The van der Waals surface area contributed by atoms with E-state index in [1.807, 2.05) is 30.3 Å². The van der Waals surface area contributed by atoms with Gasteiger partial charge in [-0.25, -0.2) is 0 Å². The fourth-order valence-corrected chi connectivity index (χ4v) is 2.32. The van der Waals surface area contributed by atoms with Crippen molar-refractivity contribution >= 4 is 11.8 Å². The second-order valence-electron chi connectivity index (χ2n) is 4.54. The maximum absolute atomic E-state index is 11.7. The van der Waals surface area contributed by atoms with Gasteiger partial charge in [-0.1, -0.05) is 35.9 Å². The summed E-state index contributed by atoms with van der Waals surface area (Å²) in [6.45, 7) is 0. The number of hydrogen-bond acceptors (Lipinski definition) is 3. The first-order valence-corrected chi connectivity index (χ1v) is 6.03. The molecule has 0 N–H and O–H groups in total. The number of ether oxygens (including phenoxy) is 1. The zero-order valence-electron chi connectivity index (χ0n) is 10.4. The first kappa shape index (κ1) is 12.6. The van der Waals surface area contributed by atoms with Gasteiger partial charge in [-0.05, 0) is 24.0 Å². The molecule has 1 aliphatic carbocycles. The Labute approximate surface area is 106 Å². The molecule has 0 radical (unpaired) electrons. The van der Waals surface area contributed by atoms with Crippen molar-refractivity contribution < 1.29 is 14.3 Å². The first-order valence-electron chi connectivity index (χ1n) is 6.03. The Morgan fingerprint density at radius 1 is 1.28 bits per heavy atom. The van der Waals surface area contributed by atoms with Gasteiger partial charge in [0.05, 0.1) is 13.5 Å². The number of allylic oxidation sites excluding steroid dienone is 1. The van der Waals surface area contributed by atoms with Gasteiger partial charge in [-0.3, -0.25) is 9.59 Å². The van der Waals surface area contributed by atoms with E-state index in [-0.39, 0.29) is 24.1 Å². The molecule has 0 aliphatic heterocycles. The van der Waals surface area contributed by atoms with Crippen molar-refractivity contribution in [1.29, 1.82) is 0 Å². The minimum absolute atomic E-state index is 0.0917. The topological polar surface area (TPSA) is 43.4 Å². The zero-order chi connectivity index (χ0) is 13.0. The van der Waals surface area contributed by atoms with Crippen LogP contribution in [0.2, 0.25) is 0 Å². The van der Waals surface area contributed by atoms with Gasteiger partial charge in [0.2, 0.25) is 0 Å². The lowest BCUT2D eigenvalue weighted by Gasteiger charge is -2.22. The van der Waals surface area contributed by atoms with Crippen molar-refractivity contribution in [2.45, 2.75) is 25.2 Å². The Balaban J connectivity index is 2.12. The molecule has 0 bridgehead atoms. The molecule has 0 fully saturated rings. The third kappa shape index (κ3) is 3.06. The highest BCUT2D eigenvalue weighted by Crippen LogP contribution is 2.32. The molecule has 94 valence electrons. The molecule has 0 unspecified atom stereocenters. The number of esters is 1. The Bertz CT molecular complexity index is 474. The van der Waals surface area contributed by atoms with E-state index in [1.54, 1.807) is 6.08 Å². The van der Waals surface area contributed by atoms with Crippen LogP contribution in [0.5, 0.6) is 0 Å². The normalized spacial score (nSPS) is 19.3. The van der Waals surface area contributed by atoms with E-state index in [0.717, 1.165) is 17.6 Å². The summed E-state index contributed by atoms with van der Waals surface area (Å²) in [6, 6.07) is 9.95. The molecule has 1 aromatic carbocycles. The van der Waals surface area contributed by atoms with Crippen LogP contribution < -0.4 is 0 Å². The van der Waals surface area contributed by atoms with Gasteiger partial charge >= 0.3 is 5.97 Å². The molecule has 18 heavy (non-hydrogen) atoms. The van der Waals surface area contributed by atoms with Crippen LogP contribution >= 0.6 is 0 Å². The van der Waals surface area contributed by atoms with Crippen LogP contribution in [0.25, 0.3) is 0 Å². The minimum Gasteiger partial charge on any atom is -0.469 e. The maximum atomic E-state index is 11.7. The zero-order valence-corrected chi connectivity index (χ0v) is 10.4. The molecule has 0 aromatic heterocycles. The van der Waals surface area contributed by atoms with Crippen LogP contribution in [0, 0.1) is 0 Å². The van der Waals surface area contributed by atoms with E-state index < -0.39 is 0 Å². The predicted molar refractivity (Wildman–Crippen MR) is 68.1 cm³/mol. The SMILES string of the molecule is COC(=O)CC1=CC(=O)C[C@@H](c2ccccc2)C1. The fourth-order valence-electron chi connectivity index (χ4n) is 2.32. The van der Waals surface area contributed by atoms with Gasteiger partial charge in [0.25, 0.3) is 0 Å². The fraction of sp³-hybridized carbons (Fsp3) is 0.333. The predicted octanol–water partition coefficient (Wildman–Crippen LogP) is 2.62. The Morgan fingerprint density at radius 3 is 2.67 bits per heavy atom. The van der Waals surface area contributed by atoms with Gasteiger partial charge in [-0.15, -0.1) is 0 Å². The lowest BCUT2D eigenvalue weighted by molar-refractivity contribution is -0.139. The number of hydrogen-bond donors (Lipinski definition) is 0. The molecule has 0 heterocycles. The van der Waals surface area contributed by atoms with Gasteiger partial charge in [0.15, 0.2) is 5.78 Å². The number of benzene rings is 1. The number of carbonyl (C=O) groups excluding carboxylic acids is 2. The average Bonchev–Trinajstić information content (AvgIpc) is 2.39. The van der Waals surface area contributed by atoms with E-state index in [9.17, 15) is 9.59 Å². The number of rotatable bonds is 3. The third-order valence-corrected chi connectivity index (χ3v) is 3.19. The van der Waals surface area contributed by atoms with Crippen molar-refractivity contribution in [2.75, 3.05) is 7.11 Å². The van der Waals surface area contributed by atoms with E-state index in [2.05, 4.69) is 4.74 Å². The Kier molecular flexibility index (Phi) is 3.92. The van der Waals surface area contributed by atoms with E-state index >= 15 is 0 Å². The summed E-state index contributed by atoms with van der Waals surface area (Å²) < 4.78 is 4.64. The largest absolute Gasteiger partial charge is 0.469 e. The number of carbonyl (C=O) groups is 2. The molecule has 0 saturated carbocycles. The second-order valence-corrected chi connectivity index (χ2v) is 4.54. The van der Waals surface area contributed by atoms with Crippen LogP contribution in [0.15, 0.2) is 42.0 Å². The lowest BCUT2D eigenvalue weighted by Crippen LogP contribution is -2.15. The molecule has 2 rings (SSSR count). The molecule has 1 aliphatic rings. The highest BCUT2D eigenvalue weighted by atomic mass is 16.5. The van der Waals surface area contributed by atoms with Crippen molar-refractivity contribution in [2.24, 2.45) is 0 Å². The third-order valence-electron chi connectivity index (χ3n) is 3.19. The first-order chi connectivity index (χ1) is 8.69. The molecule has 0 spiro atoms. The van der Waals surface area contributed by atoms with Crippen LogP contribution in [-0.4, -0.2) is 18.9 Å². The van der Waals surface area contributed by atoms with Crippen molar-refractivity contribution in [3.8, 4) is 0 Å². The van der Waals surface area contributed by atoms with Crippen LogP contribution in [0.4, 0.5) is 0 Å². The molecule has 1 aromatic rings. The lowest BCUT2D eigenvalue weighted by atomic mass is 9.82. The van der Waals surface area contributed by atoms with E-state index in [0.29, 0.717) is 6.42 Å². The smallest absolute Gasteiger partial charge is 0.309 e. The molecule has 0 saturated heterocycles. The highest BCUT2D eigenvalue weighted by molar-refractivity contribution is 5.93. The monoisotopic (exact) mass is 244 g/mol. The summed E-state index contributed by atoms with van der Waals surface area (Å²) in [5, 5.41) is 0. The summed E-state index contributed by atoms with van der Waals surface area (Å²) in [5.41, 5.74) is 2.02. The summed E-state index contributed by atoms with van der Waals surface area (Å²) in [5.74, 6) is -0.0138. The molecule has 3 nitrogen and oxygen atoms in total. The minimum atomic E-state index is -0.289. The van der Waals surface area contributed by atoms with Crippen molar-refractivity contribution in [3.05, 3.63) is 47.5 Å². The van der Waals surface area contributed by atoms with Crippen LogP contribution in [0.1, 0.15) is 30.7 Å². The highest BCUT2D eigenvalue weighted by Gasteiger charge is 2.23. The van der Waals surface area contributed by atoms with Crippen LogP contribution in [-0.2, 0) is 14.3 Å². The maximum Gasteiger partial charge on any atom is 0.309 e. The molecule has 0 amide bonds. The van der Waals surface area contributed by atoms with Crippen molar-refractivity contribution in [3.63, 3.8) is 0 Å². The molecular formula is C15H16O3. The number of ketones is 1. The molecule has 1 atom stereocenters. The Morgan fingerprint density at radius 2 is 2.00 bits per heavy atom. The quantitative estimate of drug-likeness (QED) is 0.768. The van der Waals surface area contributed by atoms with Gasteiger partial charge in [-0.2, -0.15) is 0 Å². The van der Waals surface area contributed by atoms with Gasteiger partial charge in [0, 0.05) is 6.42 Å². The average molecular weight is 244 g/mol. The van der Waals surface area contributed by atoms with E-state index in [1.165, 1.54) is 7.11 Å². The Hall–Kier alpha value is -1.90. The van der Waals surface area contributed by atoms with Crippen molar-refractivity contribution in [1.82, 2.24) is 0 Å². The summed E-state index contributed by atoms with van der Waals surface area (Å²) >= 11 is 0. The standard InChI is InChI=1S/C15H16O3/c1-18-15(17)9-11-7-13(10-14(16)8-11)12-5-3-2-4-6-12/h2-6,8,13H,7,9-10H2,1H3/t13-/m0/s1. The van der Waals surface area contributed by atoms with E-state index in [4.69, 9.17) is 0 Å². The van der Waals surface area contributed by atoms with Crippen LogP contribution in [0.3, 0.4) is 0 Å². The summed E-state index contributed by atoms with van der Waals surface area (Å²) in [6.07, 6.45) is 3.08. The number of methoxy groups -OCH3 is 1.